The summed E-state index contributed by atoms with van der Waals surface area (Å²) in [6, 6.07) is 15.0. The molecule has 31 heavy (non-hydrogen) atoms. The summed E-state index contributed by atoms with van der Waals surface area (Å²) in [7, 11) is 2.20. The molecule has 2 aliphatic heterocycles. The van der Waals surface area contributed by atoms with E-state index in [1.165, 1.54) is 31.5 Å². The predicted octanol–water partition coefficient (Wildman–Crippen LogP) is 4.13. The summed E-state index contributed by atoms with van der Waals surface area (Å²) in [5.74, 6) is 0.981. The van der Waals surface area contributed by atoms with E-state index < -0.39 is 0 Å². The van der Waals surface area contributed by atoms with E-state index in [1.807, 2.05) is 12.3 Å². The van der Waals surface area contributed by atoms with Gasteiger partial charge in [0.25, 0.3) is 0 Å². The molecule has 0 N–H and O–H groups in total. The molecule has 0 saturated carbocycles. The Morgan fingerprint density at radius 2 is 1.84 bits per heavy atom. The molecule has 2 aliphatic rings. The van der Waals surface area contributed by atoms with Gasteiger partial charge in [0.15, 0.2) is 0 Å². The molecular weight excluding hydrogens is 386 g/mol. The van der Waals surface area contributed by atoms with Crippen molar-refractivity contribution in [1.29, 1.82) is 0 Å². The van der Waals surface area contributed by atoms with E-state index >= 15 is 0 Å². The quantitative estimate of drug-likeness (QED) is 0.537. The standard InChI is InChI=1S/C26H37N3O2/c1-28(21-24-7-2-3-14-27-24)22-26(12-19-30-20-13-26)23-8-10-25(11-9-23)31-18-6-17-29-15-4-5-16-29/h2-3,7-11,14H,4-6,12-13,15-22H2,1H3. The van der Waals surface area contributed by atoms with Crippen molar-refractivity contribution in [3.63, 3.8) is 0 Å². The molecule has 0 bridgehead atoms. The average molecular weight is 424 g/mol. The van der Waals surface area contributed by atoms with E-state index in [0.717, 1.165) is 70.2 Å². The summed E-state index contributed by atoms with van der Waals surface area (Å²) in [6.07, 6.45) is 7.78. The van der Waals surface area contributed by atoms with Crippen molar-refractivity contribution in [3.8, 4) is 5.75 Å². The van der Waals surface area contributed by atoms with E-state index in [1.54, 1.807) is 0 Å². The zero-order chi connectivity index (χ0) is 21.4. The molecular formula is C26H37N3O2. The van der Waals surface area contributed by atoms with Gasteiger partial charge in [0.2, 0.25) is 0 Å². The number of nitrogens with zero attached hydrogens (tertiary/aromatic N) is 3. The van der Waals surface area contributed by atoms with Crippen molar-refractivity contribution >= 4 is 0 Å². The topological polar surface area (TPSA) is 37.8 Å². The second-order valence-corrected chi connectivity index (χ2v) is 9.16. The van der Waals surface area contributed by atoms with Gasteiger partial charge in [0.1, 0.15) is 5.75 Å². The fourth-order valence-corrected chi connectivity index (χ4v) is 5.03. The molecule has 168 valence electrons. The van der Waals surface area contributed by atoms with Crippen LogP contribution in [0.4, 0.5) is 0 Å². The van der Waals surface area contributed by atoms with Gasteiger partial charge in [-0.1, -0.05) is 18.2 Å². The average Bonchev–Trinajstić information content (AvgIpc) is 3.32. The third-order valence-electron chi connectivity index (χ3n) is 6.73. The molecule has 0 spiro atoms. The highest BCUT2D eigenvalue weighted by Crippen LogP contribution is 2.36. The summed E-state index contributed by atoms with van der Waals surface area (Å²) >= 11 is 0. The van der Waals surface area contributed by atoms with Gasteiger partial charge in [-0.05, 0) is 82.1 Å². The molecule has 1 aromatic heterocycles. The zero-order valence-electron chi connectivity index (χ0n) is 19.0. The highest BCUT2D eigenvalue weighted by Gasteiger charge is 2.35. The van der Waals surface area contributed by atoms with Crippen LogP contribution in [0.15, 0.2) is 48.7 Å². The van der Waals surface area contributed by atoms with Gasteiger partial charge in [-0.15, -0.1) is 0 Å². The fourth-order valence-electron chi connectivity index (χ4n) is 5.03. The number of rotatable bonds is 10. The summed E-state index contributed by atoms with van der Waals surface area (Å²) in [4.78, 5) is 9.44. The van der Waals surface area contributed by atoms with Crippen LogP contribution in [0.5, 0.6) is 5.75 Å². The Bertz CT molecular complexity index is 769. The van der Waals surface area contributed by atoms with Crippen molar-refractivity contribution in [1.82, 2.24) is 14.8 Å². The van der Waals surface area contributed by atoms with E-state index in [0.29, 0.717) is 0 Å². The van der Waals surface area contributed by atoms with Crippen molar-refractivity contribution < 1.29 is 9.47 Å². The van der Waals surface area contributed by atoms with Crippen molar-refractivity contribution in [2.75, 3.05) is 53.0 Å². The highest BCUT2D eigenvalue weighted by molar-refractivity contribution is 5.33. The van der Waals surface area contributed by atoms with Gasteiger partial charge < -0.3 is 14.4 Å². The number of aromatic nitrogens is 1. The largest absolute Gasteiger partial charge is 0.494 e. The minimum Gasteiger partial charge on any atom is -0.494 e. The Morgan fingerprint density at radius 1 is 1.06 bits per heavy atom. The zero-order valence-corrected chi connectivity index (χ0v) is 19.0. The number of likely N-dealkylation sites (N-methyl/N-ethyl adjacent to an activating group) is 1. The van der Waals surface area contributed by atoms with Crippen LogP contribution >= 0.6 is 0 Å². The van der Waals surface area contributed by atoms with Crippen LogP contribution in [0.1, 0.15) is 43.4 Å². The van der Waals surface area contributed by atoms with Gasteiger partial charge in [0, 0.05) is 44.5 Å². The Morgan fingerprint density at radius 3 is 2.55 bits per heavy atom. The summed E-state index contributed by atoms with van der Waals surface area (Å²) < 4.78 is 11.7. The summed E-state index contributed by atoms with van der Waals surface area (Å²) in [5.41, 5.74) is 2.63. The Kier molecular flexibility index (Phi) is 7.95. The lowest BCUT2D eigenvalue weighted by Gasteiger charge is -2.40. The first-order valence-electron chi connectivity index (χ1n) is 11.9. The number of likely N-dealkylation sites (tertiary alicyclic amines) is 1. The Hall–Kier alpha value is -1.95. The number of pyridine rings is 1. The van der Waals surface area contributed by atoms with Gasteiger partial charge in [-0.2, -0.15) is 0 Å². The maximum atomic E-state index is 6.03. The third kappa shape index (κ3) is 6.28. The van der Waals surface area contributed by atoms with Crippen LogP contribution in [0.2, 0.25) is 0 Å². The highest BCUT2D eigenvalue weighted by atomic mass is 16.5. The molecule has 3 heterocycles. The molecule has 0 unspecified atom stereocenters. The second kappa shape index (κ2) is 11.1. The van der Waals surface area contributed by atoms with Crippen LogP contribution in [0.3, 0.4) is 0 Å². The van der Waals surface area contributed by atoms with Crippen LogP contribution in [-0.2, 0) is 16.7 Å². The van der Waals surface area contributed by atoms with Gasteiger partial charge in [0.05, 0.1) is 12.3 Å². The molecule has 2 saturated heterocycles. The third-order valence-corrected chi connectivity index (χ3v) is 6.73. The first-order valence-corrected chi connectivity index (χ1v) is 11.9. The van der Waals surface area contributed by atoms with E-state index in [2.05, 4.69) is 58.2 Å². The Labute approximate surface area is 187 Å². The van der Waals surface area contributed by atoms with Crippen molar-refractivity contribution in [2.24, 2.45) is 0 Å². The lowest BCUT2D eigenvalue weighted by Crippen LogP contribution is -2.43. The number of hydrogen-bond acceptors (Lipinski definition) is 5. The first-order chi connectivity index (χ1) is 15.2. The Balaban J connectivity index is 1.34. The van der Waals surface area contributed by atoms with Gasteiger partial charge >= 0.3 is 0 Å². The predicted molar refractivity (Wildman–Crippen MR) is 125 cm³/mol. The molecule has 0 atom stereocenters. The van der Waals surface area contributed by atoms with E-state index in [9.17, 15) is 0 Å². The summed E-state index contributed by atoms with van der Waals surface area (Å²) in [5, 5.41) is 0. The van der Waals surface area contributed by atoms with Crippen LogP contribution in [-0.4, -0.2) is 67.8 Å². The number of benzene rings is 1. The van der Waals surface area contributed by atoms with Gasteiger partial charge in [-0.25, -0.2) is 0 Å². The fraction of sp³-hybridized carbons (Fsp3) is 0.577. The molecule has 2 aromatic rings. The molecule has 0 aliphatic carbocycles. The molecule has 5 nitrogen and oxygen atoms in total. The lowest BCUT2D eigenvalue weighted by atomic mass is 9.73. The first kappa shape index (κ1) is 22.3. The molecule has 0 amide bonds. The lowest BCUT2D eigenvalue weighted by molar-refractivity contribution is 0.0363. The van der Waals surface area contributed by atoms with Crippen molar-refractivity contribution in [2.45, 2.75) is 44.1 Å². The minimum absolute atomic E-state index is 0.121. The second-order valence-electron chi connectivity index (χ2n) is 9.16. The van der Waals surface area contributed by atoms with Crippen LogP contribution in [0, 0.1) is 0 Å². The number of ether oxygens (including phenoxy) is 2. The number of hydrogen-bond donors (Lipinski definition) is 0. The van der Waals surface area contributed by atoms with E-state index in [4.69, 9.17) is 9.47 Å². The molecule has 4 rings (SSSR count). The smallest absolute Gasteiger partial charge is 0.119 e. The van der Waals surface area contributed by atoms with E-state index in [-0.39, 0.29) is 5.41 Å². The summed E-state index contributed by atoms with van der Waals surface area (Å²) in [6.45, 7) is 7.99. The van der Waals surface area contributed by atoms with Gasteiger partial charge in [-0.3, -0.25) is 9.88 Å². The van der Waals surface area contributed by atoms with Crippen LogP contribution in [0.25, 0.3) is 0 Å². The van der Waals surface area contributed by atoms with Crippen molar-refractivity contribution in [3.05, 3.63) is 59.9 Å². The molecule has 5 heteroatoms. The SMILES string of the molecule is CN(Cc1ccccn1)CC1(c2ccc(OCCCN3CCCC3)cc2)CCOCC1. The van der Waals surface area contributed by atoms with Crippen LogP contribution < -0.4 is 4.74 Å². The molecule has 1 aromatic carbocycles. The molecule has 2 fully saturated rings. The monoisotopic (exact) mass is 423 g/mol. The minimum atomic E-state index is 0.121. The maximum absolute atomic E-state index is 6.03. The maximum Gasteiger partial charge on any atom is 0.119 e. The normalized spacial score (nSPS) is 19.0. The molecule has 0 radical (unpaired) electrons.